The van der Waals surface area contributed by atoms with Gasteiger partial charge in [-0.05, 0) is 18.2 Å². The maximum absolute atomic E-state index is 11.2. The minimum atomic E-state index is -1.15. The summed E-state index contributed by atoms with van der Waals surface area (Å²) >= 11 is 23.6. The summed E-state index contributed by atoms with van der Waals surface area (Å²) in [4.78, 5) is 15.1. The Hall–Kier alpha value is -1.000. The average molecular weight is 337 g/mol. The van der Waals surface area contributed by atoms with Crippen LogP contribution in [0.15, 0.2) is 24.4 Å². The van der Waals surface area contributed by atoms with Crippen LogP contribution >= 0.6 is 46.4 Å². The number of rotatable bonds is 2. The Morgan fingerprint density at radius 1 is 1.05 bits per heavy atom. The van der Waals surface area contributed by atoms with Crippen LogP contribution in [0.5, 0.6) is 0 Å². The van der Waals surface area contributed by atoms with E-state index in [2.05, 4.69) is 4.98 Å². The van der Waals surface area contributed by atoms with Crippen molar-refractivity contribution >= 4 is 52.4 Å². The topological polar surface area (TPSA) is 50.2 Å². The van der Waals surface area contributed by atoms with Crippen LogP contribution in [0.2, 0.25) is 20.2 Å². The van der Waals surface area contributed by atoms with E-state index in [9.17, 15) is 9.90 Å². The first-order valence-corrected chi connectivity index (χ1v) is 6.45. The predicted octanol–water partition coefficient (Wildman–Crippen LogP) is 5.06. The highest BCUT2D eigenvalue weighted by Gasteiger charge is 2.17. The smallest absolute Gasteiger partial charge is 0.336 e. The lowest BCUT2D eigenvalue weighted by atomic mass is 10.0. The van der Waals surface area contributed by atoms with Crippen molar-refractivity contribution in [2.24, 2.45) is 0 Å². The van der Waals surface area contributed by atoms with E-state index in [1.54, 1.807) is 0 Å². The molecule has 0 radical (unpaired) electrons. The zero-order valence-electron chi connectivity index (χ0n) is 9.12. The second-order valence-electron chi connectivity index (χ2n) is 3.61. The molecule has 98 valence electrons. The Balaban J connectivity index is 2.75. The molecule has 0 saturated heterocycles. The predicted molar refractivity (Wildman–Crippen MR) is 76.7 cm³/mol. The maximum atomic E-state index is 11.2. The molecule has 1 aromatic heterocycles. The molecule has 0 amide bonds. The van der Waals surface area contributed by atoms with Crippen LogP contribution in [0.4, 0.5) is 0 Å². The van der Waals surface area contributed by atoms with E-state index in [1.807, 2.05) is 0 Å². The summed E-state index contributed by atoms with van der Waals surface area (Å²) < 4.78 is 0. The van der Waals surface area contributed by atoms with Crippen molar-refractivity contribution in [3.63, 3.8) is 0 Å². The van der Waals surface area contributed by atoms with Crippen molar-refractivity contribution in [2.45, 2.75) is 0 Å². The van der Waals surface area contributed by atoms with Crippen molar-refractivity contribution in [1.29, 1.82) is 0 Å². The molecule has 1 N–H and O–H groups in total. The lowest BCUT2D eigenvalue weighted by Gasteiger charge is -2.10. The second kappa shape index (κ2) is 5.55. The van der Waals surface area contributed by atoms with Gasteiger partial charge in [0.2, 0.25) is 0 Å². The van der Waals surface area contributed by atoms with E-state index in [0.717, 1.165) is 0 Å². The van der Waals surface area contributed by atoms with Gasteiger partial charge in [0.1, 0.15) is 5.15 Å². The first kappa shape index (κ1) is 14.4. The Morgan fingerprint density at radius 2 is 1.74 bits per heavy atom. The number of carbonyl (C=O) groups is 1. The molecule has 2 rings (SSSR count). The standard InChI is InChI=1S/C12H5Cl4NO2/c13-5-1-6(11(16)9(14)2-5)8-4-17-10(15)3-7(8)12(18)19/h1-4H,(H,18,19). The molecule has 0 bridgehead atoms. The number of aromatic nitrogens is 1. The molecule has 3 nitrogen and oxygen atoms in total. The van der Waals surface area contributed by atoms with E-state index in [-0.39, 0.29) is 20.8 Å². The molecule has 2 aromatic rings. The number of hydrogen-bond donors (Lipinski definition) is 1. The third-order valence-corrected chi connectivity index (χ3v) is 3.61. The number of aromatic carboxylic acids is 1. The summed E-state index contributed by atoms with van der Waals surface area (Å²) in [6, 6.07) is 4.23. The van der Waals surface area contributed by atoms with Crippen LogP contribution < -0.4 is 0 Å². The van der Waals surface area contributed by atoms with E-state index < -0.39 is 5.97 Å². The van der Waals surface area contributed by atoms with Gasteiger partial charge in [0.05, 0.1) is 15.6 Å². The number of hydrogen-bond acceptors (Lipinski definition) is 2. The first-order chi connectivity index (χ1) is 8.90. The second-order valence-corrected chi connectivity index (χ2v) is 5.22. The quantitative estimate of drug-likeness (QED) is 0.616. The molecule has 1 heterocycles. The number of nitrogens with zero attached hydrogens (tertiary/aromatic N) is 1. The lowest BCUT2D eigenvalue weighted by molar-refractivity contribution is 0.0697. The highest BCUT2D eigenvalue weighted by atomic mass is 35.5. The van der Waals surface area contributed by atoms with Crippen LogP contribution in [0, 0.1) is 0 Å². The third kappa shape index (κ3) is 2.95. The van der Waals surface area contributed by atoms with Crippen LogP contribution in [-0.4, -0.2) is 16.1 Å². The first-order valence-electron chi connectivity index (χ1n) is 4.94. The number of halogens is 4. The van der Waals surface area contributed by atoms with Gasteiger partial charge in [-0.3, -0.25) is 0 Å². The average Bonchev–Trinajstić information content (AvgIpc) is 2.34. The van der Waals surface area contributed by atoms with Crippen molar-refractivity contribution in [3.8, 4) is 11.1 Å². The normalized spacial score (nSPS) is 10.5. The number of pyridine rings is 1. The van der Waals surface area contributed by atoms with E-state index in [0.29, 0.717) is 16.1 Å². The molecule has 1 aromatic carbocycles. The minimum absolute atomic E-state index is 0.0276. The lowest BCUT2D eigenvalue weighted by Crippen LogP contribution is -2.01. The Bertz CT molecular complexity index is 673. The fraction of sp³-hybridized carbons (Fsp3) is 0. The summed E-state index contributed by atoms with van der Waals surface area (Å²) in [7, 11) is 0. The van der Waals surface area contributed by atoms with Gasteiger partial charge in [0, 0.05) is 22.3 Å². The number of carboxylic acid groups (broad SMARTS) is 1. The zero-order valence-corrected chi connectivity index (χ0v) is 12.1. The number of carboxylic acids is 1. The molecule has 0 aliphatic heterocycles. The van der Waals surface area contributed by atoms with Gasteiger partial charge in [0.15, 0.2) is 0 Å². The van der Waals surface area contributed by atoms with Crippen molar-refractivity contribution in [3.05, 3.63) is 50.2 Å². The molecular formula is C12H5Cl4NO2. The largest absolute Gasteiger partial charge is 0.478 e. The summed E-state index contributed by atoms with van der Waals surface area (Å²) in [6.45, 7) is 0. The SMILES string of the molecule is O=C(O)c1cc(Cl)ncc1-c1cc(Cl)cc(Cl)c1Cl. The van der Waals surface area contributed by atoms with Gasteiger partial charge in [0.25, 0.3) is 0 Å². The van der Waals surface area contributed by atoms with Gasteiger partial charge >= 0.3 is 5.97 Å². The van der Waals surface area contributed by atoms with Crippen LogP contribution in [-0.2, 0) is 0 Å². The zero-order chi connectivity index (χ0) is 14.2. The van der Waals surface area contributed by atoms with Crippen LogP contribution in [0.3, 0.4) is 0 Å². The van der Waals surface area contributed by atoms with Crippen LogP contribution in [0.25, 0.3) is 11.1 Å². The monoisotopic (exact) mass is 335 g/mol. The fourth-order valence-electron chi connectivity index (χ4n) is 1.57. The highest BCUT2D eigenvalue weighted by Crippen LogP contribution is 2.38. The van der Waals surface area contributed by atoms with E-state index in [4.69, 9.17) is 46.4 Å². The molecule has 19 heavy (non-hydrogen) atoms. The molecule has 0 aliphatic carbocycles. The third-order valence-electron chi connectivity index (χ3n) is 2.38. The molecule has 0 fully saturated rings. The molecule has 0 atom stereocenters. The molecule has 0 spiro atoms. The van der Waals surface area contributed by atoms with Crippen LogP contribution in [0.1, 0.15) is 10.4 Å². The Morgan fingerprint density at radius 3 is 2.37 bits per heavy atom. The highest BCUT2D eigenvalue weighted by molar-refractivity contribution is 6.45. The molecule has 7 heteroatoms. The van der Waals surface area contributed by atoms with Gasteiger partial charge in [-0.15, -0.1) is 0 Å². The van der Waals surface area contributed by atoms with Gasteiger partial charge in [-0.25, -0.2) is 9.78 Å². The summed E-state index contributed by atoms with van der Waals surface area (Å²) in [5.41, 5.74) is 0.660. The fourth-order valence-corrected chi connectivity index (χ4v) is 2.44. The van der Waals surface area contributed by atoms with E-state index in [1.165, 1.54) is 24.4 Å². The molecular weight excluding hydrogens is 332 g/mol. The molecule has 0 aliphatic rings. The van der Waals surface area contributed by atoms with Crippen molar-refractivity contribution in [1.82, 2.24) is 4.98 Å². The molecule has 0 unspecified atom stereocenters. The summed E-state index contributed by atoms with van der Waals surface area (Å²) in [5.74, 6) is -1.15. The van der Waals surface area contributed by atoms with Crippen molar-refractivity contribution < 1.29 is 9.90 Å². The Kier molecular flexibility index (Phi) is 4.21. The Labute approximate surface area is 128 Å². The van der Waals surface area contributed by atoms with Gasteiger partial charge in [-0.1, -0.05) is 46.4 Å². The summed E-state index contributed by atoms with van der Waals surface area (Å²) in [5, 5.41) is 10.0. The summed E-state index contributed by atoms with van der Waals surface area (Å²) in [6.07, 6.45) is 1.32. The maximum Gasteiger partial charge on any atom is 0.336 e. The van der Waals surface area contributed by atoms with Crippen molar-refractivity contribution in [2.75, 3.05) is 0 Å². The van der Waals surface area contributed by atoms with Gasteiger partial charge in [-0.2, -0.15) is 0 Å². The molecule has 0 saturated carbocycles. The minimum Gasteiger partial charge on any atom is -0.478 e. The number of benzene rings is 1. The van der Waals surface area contributed by atoms with Gasteiger partial charge < -0.3 is 5.11 Å². The van der Waals surface area contributed by atoms with E-state index >= 15 is 0 Å².